The van der Waals surface area contributed by atoms with E-state index in [2.05, 4.69) is 10.1 Å². The fraction of sp³-hybridized carbons (Fsp3) is 0.0952. The Morgan fingerprint density at radius 3 is 2.81 bits per heavy atom. The van der Waals surface area contributed by atoms with Crippen molar-refractivity contribution in [3.05, 3.63) is 89.5 Å². The van der Waals surface area contributed by atoms with Crippen LogP contribution in [0.3, 0.4) is 0 Å². The number of hydrogen-bond acceptors (Lipinski definition) is 5. The van der Waals surface area contributed by atoms with Crippen molar-refractivity contribution in [1.82, 2.24) is 13.8 Å². The van der Waals surface area contributed by atoms with E-state index in [1.165, 1.54) is 37.8 Å². The smallest absolute Gasteiger partial charge is 0.279 e. The minimum Gasteiger partial charge on any atom is -0.619 e. The molecule has 3 heterocycles. The highest BCUT2D eigenvalue weighted by Crippen LogP contribution is 2.21. The number of imidazole rings is 1. The van der Waals surface area contributed by atoms with E-state index >= 15 is 0 Å². The fourth-order valence-corrected chi connectivity index (χ4v) is 4.28. The minimum absolute atomic E-state index is 0.150. The molecule has 0 aliphatic heterocycles. The topological polar surface area (TPSA) is 94.0 Å². The van der Waals surface area contributed by atoms with E-state index in [0.29, 0.717) is 21.6 Å². The summed E-state index contributed by atoms with van der Waals surface area (Å²) in [6.45, 7) is 1.59. The molecule has 3 aromatic heterocycles. The van der Waals surface area contributed by atoms with Gasteiger partial charge in [0.15, 0.2) is 12.4 Å². The van der Waals surface area contributed by atoms with Gasteiger partial charge in [0, 0.05) is 30.4 Å². The maximum Gasteiger partial charge on any atom is 0.279 e. The molecule has 0 atom stereocenters. The summed E-state index contributed by atoms with van der Waals surface area (Å²) in [7, 11) is -2.75. The molecule has 0 aliphatic carbocycles. The van der Waals surface area contributed by atoms with E-state index < -0.39 is 15.8 Å². The summed E-state index contributed by atoms with van der Waals surface area (Å²) < 4.78 is 42.4. The van der Waals surface area contributed by atoms with Gasteiger partial charge < -0.3 is 5.21 Å². The molecule has 0 amide bonds. The van der Waals surface area contributed by atoms with Gasteiger partial charge >= 0.3 is 0 Å². The number of hydrazone groups is 1. The number of nitrogens with zero attached hydrogens (tertiary/aromatic N) is 5. The van der Waals surface area contributed by atoms with Crippen LogP contribution in [0.4, 0.5) is 4.39 Å². The van der Waals surface area contributed by atoms with Crippen molar-refractivity contribution in [2.45, 2.75) is 11.8 Å². The molecular weight excluding hydrogens is 421 g/mol. The normalized spacial score (nSPS) is 12.0. The maximum atomic E-state index is 13.6. The average molecular weight is 439 g/mol. The van der Waals surface area contributed by atoms with Crippen LogP contribution >= 0.6 is 0 Å². The summed E-state index contributed by atoms with van der Waals surface area (Å²) >= 11 is 0. The first kappa shape index (κ1) is 20.5. The van der Waals surface area contributed by atoms with Crippen molar-refractivity contribution in [3.8, 4) is 11.1 Å². The molecule has 4 aromatic rings. The van der Waals surface area contributed by atoms with Gasteiger partial charge in [-0.05, 0) is 42.8 Å². The first-order valence-electron chi connectivity index (χ1n) is 9.21. The first-order valence-corrected chi connectivity index (χ1v) is 10.6. The predicted molar refractivity (Wildman–Crippen MR) is 113 cm³/mol. The van der Waals surface area contributed by atoms with Crippen molar-refractivity contribution in [1.29, 1.82) is 0 Å². The van der Waals surface area contributed by atoms with E-state index in [4.69, 9.17) is 0 Å². The Kier molecular flexibility index (Phi) is 5.15. The predicted octanol–water partition coefficient (Wildman–Crippen LogP) is 2.74. The third-order valence-electron chi connectivity index (χ3n) is 4.77. The van der Waals surface area contributed by atoms with Crippen LogP contribution in [0.2, 0.25) is 0 Å². The molecular formula is C21H18FN5O3S. The summed E-state index contributed by atoms with van der Waals surface area (Å²) in [6, 6.07) is 10.7. The van der Waals surface area contributed by atoms with Crippen molar-refractivity contribution in [2.75, 3.05) is 7.05 Å². The van der Waals surface area contributed by atoms with Gasteiger partial charge in [0.1, 0.15) is 11.5 Å². The summed E-state index contributed by atoms with van der Waals surface area (Å²) in [5.74, 6) is -0.642. The number of halogens is 1. The van der Waals surface area contributed by atoms with E-state index in [1.807, 2.05) is 12.1 Å². The van der Waals surface area contributed by atoms with Gasteiger partial charge in [-0.2, -0.15) is 22.7 Å². The van der Waals surface area contributed by atoms with Gasteiger partial charge in [-0.15, -0.1) is 0 Å². The Morgan fingerprint density at radius 2 is 2.03 bits per heavy atom. The monoisotopic (exact) mass is 439 g/mol. The zero-order valence-electron chi connectivity index (χ0n) is 16.7. The molecule has 8 nitrogen and oxygen atoms in total. The lowest BCUT2D eigenvalue weighted by atomic mass is 10.1. The van der Waals surface area contributed by atoms with Crippen molar-refractivity contribution < 1.29 is 17.5 Å². The van der Waals surface area contributed by atoms with E-state index in [-0.39, 0.29) is 4.90 Å². The third-order valence-corrected chi connectivity index (χ3v) is 6.56. The highest BCUT2D eigenvalue weighted by Gasteiger charge is 2.22. The largest absolute Gasteiger partial charge is 0.619 e. The summed E-state index contributed by atoms with van der Waals surface area (Å²) in [5, 5.41) is 15.6. The summed E-state index contributed by atoms with van der Waals surface area (Å²) in [4.78, 5) is 4.13. The van der Waals surface area contributed by atoms with Crippen molar-refractivity contribution >= 4 is 21.9 Å². The Bertz CT molecular complexity index is 1420. The number of benzene rings is 1. The quantitative estimate of drug-likeness (QED) is 0.207. The standard InChI is InChI=1S/C21H18FN5O3S/c1-15-5-7-18(22)10-20(15)31(29,30)25(2)24-12-19-11-23-21-8-6-17(14-27(19)21)16-4-3-9-26(28)13-16/h3-14H,1-2H3/b24-12+. The van der Waals surface area contributed by atoms with Crippen LogP contribution < -0.4 is 4.73 Å². The molecule has 0 radical (unpaired) electrons. The molecule has 0 spiro atoms. The molecule has 1 aromatic carbocycles. The molecule has 0 N–H and O–H groups in total. The third kappa shape index (κ3) is 3.97. The number of fused-ring (bicyclic) bond motifs is 1. The summed E-state index contributed by atoms with van der Waals surface area (Å²) in [5.41, 5.74) is 3.07. The first-order chi connectivity index (χ1) is 14.8. The number of rotatable bonds is 5. The average Bonchev–Trinajstić information content (AvgIpc) is 3.15. The fourth-order valence-electron chi connectivity index (χ4n) is 3.09. The van der Waals surface area contributed by atoms with Gasteiger partial charge in [0.25, 0.3) is 10.0 Å². The molecule has 0 saturated heterocycles. The second kappa shape index (κ2) is 7.80. The lowest BCUT2D eigenvalue weighted by molar-refractivity contribution is -0.604. The van der Waals surface area contributed by atoms with Crippen LogP contribution in [-0.4, -0.2) is 35.5 Å². The van der Waals surface area contributed by atoms with Gasteiger partial charge in [0.2, 0.25) is 0 Å². The lowest BCUT2D eigenvalue weighted by Gasteiger charge is -2.15. The van der Waals surface area contributed by atoms with Crippen LogP contribution in [0, 0.1) is 17.9 Å². The zero-order chi connectivity index (χ0) is 22.2. The van der Waals surface area contributed by atoms with Gasteiger partial charge in [0.05, 0.1) is 23.0 Å². The van der Waals surface area contributed by atoms with E-state index in [9.17, 15) is 18.0 Å². The molecule has 0 aliphatic rings. The summed E-state index contributed by atoms with van der Waals surface area (Å²) in [6.07, 6.45) is 7.54. The molecule has 158 valence electrons. The molecule has 0 fully saturated rings. The van der Waals surface area contributed by atoms with Crippen LogP contribution in [0.5, 0.6) is 0 Å². The lowest BCUT2D eigenvalue weighted by Crippen LogP contribution is -2.23. The highest BCUT2D eigenvalue weighted by molar-refractivity contribution is 7.89. The number of aryl methyl sites for hydroxylation is 1. The molecule has 31 heavy (non-hydrogen) atoms. The van der Waals surface area contributed by atoms with Crippen LogP contribution in [0.15, 0.2) is 77.2 Å². The Morgan fingerprint density at radius 1 is 1.23 bits per heavy atom. The Hall–Kier alpha value is -3.79. The zero-order valence-corrected chi connectivity index (χ0v) is 17.5. The Labute approximate surface area is 178 Å². The number of hydrogen-bond donors (Lipinski definition) is 0. The minimum atomic E-state index is -4.03. The SMILES string of the molecule is Cc1ccc(F)cc1S(=O)(=O)N(C)/N=C/c1cnc2ccc(-c3ccc[n+]([O-])c3)cn12. The van der Waals surface area contributed by atoms with E-state index in [0.717, 1.165) is 21.6 Å². The number of sulfonamides is 1. The van der Waals surface area contributed by atoms with Crippen LogP contribution in [0.1, 0.15) is 11.3 Å². The Balaban J connectivity index is 1.68. The maximum absolute atomic E-state index is 13.6. The second-order valence-corrected chi connectivity index (χ2v) is 8.79. The molecule has 0 unspecified atom stereocenters. The van der Waals surface area contributed by atoms with Crippen molar-refractivity contribution in [3.63, 3.8) is 0 Å². The van der Waals surface area contributed by atoms with Crippen molar-refractivity contribution in [2.24, 2.45) is 5.10 Å². The van der Waals surface area contributed by atoms with Crippen LogP contribution in [-0.2, 0) is 10.0 Å². The van der Waals surface area contributed by atoms with Gasteiger partial charge in [-0.25, -0.2) is 9.37 Å². The van der Waals surface area contributed by atoms with E-state index in [1.54, 1.807) is 35.9 Å². The van der Waals surface area contributed by atoms with Gasteiger partial charge in [-0.3, -0.25) is 4.40 Å². The second-order valence-electron chi connectivity index (χ2n) is 6.88. The molecule has 0 bridgehead atoms. The molecule has 4 rings (SSSR count). The number of pyridine rings is 2. The van der Waals surface area contributed by atoms with Crippen LogP contribution in [0.25, 0.3) is 16.8 Å². The highest BCUT2D eigenvalue weighted by atomic mass is 32.2. The molecule has 0 saturated carbocycles. The molecule has 10 heteroatoms. The number of aromatic nitrogens is 3. The van der Waals surface area contributed by atoms with Gasteiger partial charge in [-0.1, -0.05) is 6.07 Å².